The van der Waals surface area contributed by atoms with Gasteiger partial charge in [0.05, 0.1) is 21.4 Å². The van der Waals surface area contributed by atoms with Gasteiger partial charge < -0.3 is 4.90 Å². The van der Waals surface area contributed by atoms with Gasteiger partial charge in [-0.1, -0.05) is 0 Å². The smallest absolute Gasteiger partial charge is 0.208 e. The van der Waals surface area contributed by atoms with E-state index in [0.717, 1.165) is 12.2 Å². The summed E-state index contributed by atoms with van der Waals surface area (Å²) in [6.45, 7) is 2.71. The van der Waals surface area contributed by atoms with E-state index in [0.29, 0.717) is 0 Å². The van der Waals surface area contributed by atoms with E-state index in [9.17, 15) is 13.2 Å². The van der Waals surface area contributed by atoms with Crippen LogP contribution in [0.15, 0.2) is 46.2 Å². The molecule has 0 aliphatic carbocycles. The van der Waals surface area contributed by atoms with Gasteiger partial charge in [-0.15, -0.1) is 0 Å². The molecule has 0 fully saturated rings. The first kappa shape index (κ1) is 15.3. The summed E-state index contributed by atoms with van der Waals surface area (Å²) in [5.41, 5.74) is 1.30. The number of carbonyl (C=O) groups is 1. The standard InChI is InChI=1S/C17H14N2O3S/c1-3-19(2)12-5-7-15-14(9-12)17(20)13-6-4-11(10-18)8-16(13)23(15,21)22/h4-9H,3H2,1-2H3. The lowest BCUT2D eigenvalue weighted by molar-refractivity contribution is 0.103. The quantitative estimate of drug-likeness (QED) is 0.722. The molecule has 23 heavy (non-hydrogen) atoms. The Morgan fingerprint density at radius 2 is 1.83 bits per heavy atom. The molecule has 5 nitrogen and oxygen atoms in total. The molecule has 0 unspecified atom stereocenters. The molecule has 0 bridgehead atoms. The number of benzene rings is 2. The number of hydrogen-bond acceptors (Lipinski definition) is 5. The van der Waals surface area contributed by atoms with E-state index in [2.05, 4.69) is 0 Å². The monoisotopic (exact) mass is 326 g/mol. The van der Waals surface area contributed by atoms with Crippen molar-refractivity contribution in [2.24, 2.45) is 0 Å². The summed E-state index contributed by atoms with van der Waals surface area (Å²) in [5.74, 6) is -0.333. The molecule has 0 amide bonds. The van der Waals surface area contributed by atoms with Gasteiger partial charge in [0.2, 0.25) is 9.84 Å². The van der Waals surface area contributed by atoms with Crippen molar-refractivity contribution < 1.29 is 13.2 Å². The topological polar surface area (TPSA) is 78.2 Å². The molecule has 2 aromatic carbocycles. The minimum absolute atomic E-state index is 0.00153. The Morgan fingerprint density at radius 3 is 2.48 bits per heavy atom. The Kier molecular flexibility index (Phi) is 3.46. The first-order valence-electron chi connectivity index (χ1n) is 7.09. The molecule has 0 saturated carbocycles. The van der Waals surface area contributed by atoms with Gasteiger partial charge in [-0.2, -0.15) is 5.26 Å². The molecule has 3 rings (SSSR count). The minimum atomic E-state index is -3.81. The maximum absolute atomic E-state index is 12.8. The number of fused-ring (bicyclic) bond motifs is 2. The summed E-state index contributed by atoms with van der Waals surface area (Å²) >= 11 is 0. The minimum Gasteiger partial charge on any atom is -0.375 e. The fourth-order valence-electron chi connectivity index (χ4n) is 2.62. The number of ketones is 1. The highest BCUT2D eigenvalue weighted by atomic mass is 32.2. The number of sulfone groups is 1. The second kappa shape index (κ2) is 5.21. The molecule has 6 heteroatoms. The highest BCUT2D eigenvalue weighted by molar-refractivity contribution is 7.91. The van der Waals surface area contributed by atoms with Crippen LogP contribution in [-0.2, 0) is 9.84 Å². The van der Waals surface area contributed by atoms with Crippen LogP contribution in [0.5, 0.6) is 0 Å². The molecular formula is C17H14N2O3S. The molecule has 0 radical (unpaired) electrons. The van der Waals surface area contributed by atoms with Gasteiger partial charge in [0.15, 0.2) is 5.78 Å². The van der Waals surface area contributed by atoms with Crippen LogP contribution in [0.2, 0.25) is 0 Å². The van der Waals surface area contributed by atoms with Crippen molar-refractivity contribution in [2.45, 2.75) is 16.7 Å². The van der Waals surface area contributed by atoms with Crippen LogP contribution in [0.4, 0.5) is 5.69 Å². The van der Waals surface area contributed by atoms with Crippen molar-refractivity contribution in [3.05, 3.63) is 53.1 Å². The van der Waals surface area contributed by atoms with Crippen molar-refractivity contribution in [3.63, 3.8) is 0 Å². The Hall–Kier alpha value is -2.65. The number of nitrogens with zero attached hydrogens (tertiary/aromatic N) is 2. The Labute approximate surface area is 134 Å². The number of rotatable bonds is 2. The van der Waals surface area contributed by atoms with Crippen LogP contribution >= 0.6 is 0 Å². The Bertz CT molecular complexity index is 972. The summed E-state index contributed by atoms with van der Waals surface area (Å²) in [6.07, 6.45) is 0. The third kappa shape index (κ3) is 2.21. The second-order valence-electron chi connectivity index (χ2n) is 5.35. The normalized spacial score (nSPS) is 14.6. The summed E-state index contributed by atoms with van der Waals surface area (Å²) in [6, 6.07) is 10.8. The molecule has 0 saturated heterocycles. The Balaban J connectivity index is 2.28. The van der Waals surface area contributed by atoms with E-state index in [-0.39, 0.29) is 32.3 Å². The SMILES string of the molecule is CCN(C)c1ccc2c(c1)C(=O)c1ccc(C#N)cc1S2(=O)=O. The van der Waals surface area contributed by atoms with Crippen molar-refractivity contribution in [1.82, 2.24) is 0 Å². The molecule has 0 atom stereocenters. The van der Waals surface area contributed by atoms with Gasteiger partial charge >= 0.3 is 0 Å². The van der Waals surface area contributed by atoms with Gasteiger partial charge in [-0.05, 0) is 43.3 Å². The fourth-order valence-corrected chi connectivity index (χ4v) is 4.27. The number of hydrogen-bond donors (Lipinski definition) is 0. The number of nitriles is 1. The zero-order chi connectivity index (χ0) is 16.8. The van der Waals surface area contributed by atoms with Crippen molar-refractivity contribution in [2.75, 3.05) is 18.5 Å². The van der Waals surface area contributed by atoms with Crippen LogP contribution in [0, 0.1) is 11.3 Å². The predicted octanol–water partition coefficient (Wildman–Crippen LogP) is 2.39. The van der Waals surface area contributed by atoms with Gasteiger partial charge in [0.25, 0.3) is 0 Å². The van der Waals surface area contributed by atoms with Crippen molar-refractivity contribution >= 4 is 21.3 Å². The van der Waals surface area contributed by atoms with Crippen LogP contribution < -0.4 is 4.90 Å². The lowest BCUT2D eigenvalue weighted by atomic mass is 10.0. The lowest BCUT2D eigenvalue weighted by Crippen LogP contribution is -2.22. The summed E-state index contributed by atoms with van der Waals surface area (Å²) in [4.78, 5) is 14.5. The third-order valence-corrected chi connectivity index (χ3v) is 5.91. The Morgan fingerprint density at radius 1 is 1.09 bits per heavy atom. The molecular weight excluding hydrogens is 312 g/mol. The number of anilines is 1. The average molecular weight is 326 g/mol. The van der Waals surface area contributed by atoms with Crippen LogP contribution in [0.25, 0.3) is 0 Å². The first-order valence-corrected chi connectivity index (χ1v) is 8.57. The molecule has 0 spiro atoms. The highest BCUT2D eigenvalue weighted by Gasteiger charge is 2.35. The summed E-state index contributed by atoms with van der Waals surface area (Å²) in [7, 11) is -1.93. The van der Waals surface area contributed by atoms with Crippen molar-refractivity contribution in [1.29, 1.82) is 5.26 Å². The lowest BCUT2D eigenvalue weighted by Gasteiger charge is -2.22. The van der Waals surface area contributed by atoms with Gasteiger partial charge in [0, 0.05) is 30.4 Å². The van der Waals surface area contributed by atoms with Gasteiger partial charge in [-0.3, -0.25) is 4.79 Å². The molecule has 1 heterocycles. The first-order chi connectivity index (χ1) is 10.9. The van der Waals surface area contributed by atoms with E-state index < -0.39 is 9.84 Å². The van der Waals surface area contributed by atoms with E-state index in [4.69, 9.17) is 5.26 Å². The maximum Gasteiger partial charge on any atom is 0.208 e. The third-order valence-electron chi connectivity index (χ3n) is 4.06. The van der Waals surface area contributed by atoms with Crippen LogP contribution in [-0.4, -0.2) is 27.8 Å². The van der Waals surface area contributed by atoms with Crippen LogP contribution in [0.1, 0.15) is 28.4 Å². The van der Waals surface area contributed by atoms with E-state index in [1.54, 1.807) is 12.1 Å². The van der Waals surface area contributed by atoms with Crippen LogP contribution in [0.3, 0.4) is 0 Å². The predicted molar refractivity (Wildman–Crippen MR) is 85.4 cm³/mol. The highest BCUT2D eigenvalue weighted by Crippen LogP contribution is 2.36. The van der Waals surface area contributed by atoms with E-state index >= 15 is 0 Å². The maximum atomic E-state index is 12.8. The molecule has 1 aliphatic rings. The molecule has 116 valence electrons. The van der Waals surface area contributed by atoms with E-state index in [1.807, 2.05) is 24.9 Å². The summed E-state index contributed by atoms with van der Waals surface area (Å²) in [5, 5.41) is 8.96. The fraction of sp³-hybridized carbons (Fsp3) is 0.176. The second-order valence-corrected chi connectivity index (χ2v) is 7.24. The molecule has 0 aromatic heterocycles. The van der Waals surface area contributed by atoms with Crippen molar-refractivity contribution in [3.8, 4) is 6.07 Å². The zero-order valence-corrected chi connectivity index (χ0v) is 13.5. The zero-order valence-electron chi connectivity index (χ0n) is 12.7. The van der Waals surface area contributed by atoms with Gasteiger partial charge in [-0.25, -0.2) is 8.42 Å². The summed E-state index contributed by atoms with van der Waals surface area (Å²) < 4.78 is 25.6. The molecule has 2 aromatic rings. The van der Waals surface area contributed by atoms with Gasteiger partial charge in [0.1, 0.15) is 0 Å². The number of carbonyl (C=O) groups excluding carboxylic acids is 1. The average Bonchev–Trinajstić information content (AvgIpc) is 2.58. The molecule has 1 aliphatic heterocycles. The van der Waals surface area contributed by atoms with E-state index in [1.165, 1.54) is 24.3 Å². The molecule has 0 N–H and O–H groups in total. The largest absolute Gasteiger partial charge is 0.375 e.